The molecule has 4 aromatic rings. The van der Waals surface area contributed by atoms with Crippen molar-refractivity contribution in [2.24, 2.45) is 5.73 Å². The van der Waals surface area contributed by atoms with Gasteiger partial charge >= 0.3 is 0 Å². The second kappa shape index (κ2) is 33.8. The first-order valence-electron chi connectivity index (χ1n) is 29.1. The van der Waals surface area contributed by atoms with E-state index in [0.717, 1.165) is 151 Å². The molecule has 0 spiro atoms. The highest BCUT2D eigenvalue weighted by atomic mass is 35.5. The summed E-state index contributed by atoms with van der Waals surface area (Å²) >= 11 is 0. The monoisotopic (exact) mass is 1120 g/mol. The lowest BCUT2D eigenvalue weighted by atomic mass is 9.72. The maximum absolute atomic E-state index is 11.1. The van der Waals surface area contributed by atoms with Crippen LogP contribution in [0.2, 0.25) is 0 Å². The Morgan fingerprint density at radius 1 is 0.380 bits per heavy atom. The maximum atomic E-state index is 11.1. The van der Waals surface area contributed by atoms with Gasteiger partial charge in [0.25, 0.3) is 0 Å². The molecule has 79 heavy (non-hydrogen) atoms. The van der Waals surface area contributed by atoms with E-state index in [1.165, 1.54) is 36.8 Å². The fourth-order valence-electron chi connectivity index (χ4n) is 12.8. The molecule has 4 unspecified atom stereocenters. The van der Waals surface area contributed by atoms with Gasteiger partial charge in [0.15, 0.2) is 0 Å². The topological polar surface area (TPSA) is 165 Å². The van der Waals surface area contributed by atoms with E-state index in [4.69, 9.17) is 19.9 Å². The highest BCUT2D eigenvalue weighted by molar-refractivity contribution is 5.85. The second-order valence-corrected chi connectivity index (χ2v) is 23.8. The summed E-state index contributed by atoms with van der Waals surface area (Å²) in [6, 6.07) is 31.6. The Balaban J connectivity index is 0.000000275. The number of likely N-dealkylation sites (N-methyl/N-ethyl adjacent to an activating group) is 3. The van der Waals surface area contributed by atoms with E-state index in [2.05, 4.69) is 67.2 Å². The number of hydrogen-bond acceptors (Lipinski definition) is 12. The summed E-state index contributed by atoms with van der Waals surface area (Å²) in [6.45, 7) is 3.08. The number of aromatic hydroxyl groups is 1. The number of hydrogen-bond donors (Lipinski definition) is 6. The fourth-order valence-corrected chi connectivity index (χ4v) is 12.8. The Morgan fingerprint density at radius 3 is 0.785 bits per heavy atom. The van der Waals surface area contributed by atoms with Crippen LogP contribution in [0.1, 0.15) is 182 Å². The zero-order valence-electron chi connectivity index (χ0n) is 49.3. The normalized spacial score (nSPS) is 19.6. The lowest BCUT2D eigenvalue weighted by Crippen LogP contribution is -2.42. The Morgan fingerprint density at radius 2 is 0.582 bits per heavy atom. The molecular weight excluding hydrogens is 1010 g/mol. The lowest BCUT2D eigenvalue weighted by Gasteiger charge is -2.40. The molecule has 8 rings (SSSR count). The van der Waals surface area contributed by atoms with Gasteiger partial charge in [-0.3, -0.25) is 0 Å². The van der Waals surface area contributed by atoms with Gasteiger partial charge in [0.05, 0.1) is 43.7 Å². The zero-order chi connectivity index (χ0) is 56.1. The molecule has 12 nitrogen and oxygen atoms in total. The van der Waals surface area contributed by atoms with Crippen LogP contribution in [-0.2, 0) is 0 Å². The summed E-state index contributed by atoms with van der Waals surface area (Å²) in [5.74, 6) is 3.34. The maximum Gasteiger partial charge on any atom is 0.118 e. The van der Waals surface area contributed by atoms with Gasteiger partial charge in [-0.25, -0.2) is 0 Å². The first kappa shape index (κ1) is 69.3. The average molecular weight is 1120 g/mol. The van der Waals surface area contributed by atoms with Gasteiger partial charge in [-0.15, -0.1) is 12.4 Å². The number of phenolic OH excluding ortho intramolecular Hbond substituents is 1. The molecular formula is C66H107ClN4O8. The third-order valence-electron chi connectivity index (χ3n) is 17.2. The number of nitrogens with zero attached hydrogens (tertiary/aromatic N) is 3. The minimum absolute atomic E-state index is 0. The predicted molar refractivity (Wildman–Crippen MR) is 329 cm³/mol. The number of phenols is 1. The van der Waals surface area contributed by atoms with Crippen LogP contribution in [0.25, 0.3) is 0 Å². The molecule has 13 heteroatoms. The number of ether oxygens (including phenoxy) is 3. The zero-order valence-corrected chi connectivity index (χ0v) is 50.1. The first-order chi connectivity index (χ1) is 36.8. The summed E-state index contributed by atoms with van der Waals surface area (Å²) in [7, 11) is 17.4. The molecule has 0 saturated heterocycles. The third kappa shape index (κ3) is 20.8. The van der Waals surface area contributed by atoms with Crippen molar-refractivity contribution in [1.29, 1.82) is 0 Å². The minimum Gasteiger partial charge on any atom is -0.508 e. The van der Waals surface area contributed by atoms with E-state index in [1.54, 1.807) is 33.5 Å². The number of methoxy groups -OCH3 is 3. The molecule has 0 aliphatic heterocycles. The van der Waals surface area contributed by atoms with Crippen LogP contribution >= 0.6 is 12.4 Å². The van der Waals surface area contributed by atoms with E-state index in [9.17, 15) is 25.5 Å². The van der Waals surface area contributed by atoms with Crippen molar-refractivity contribution in [1.82, 2.24) is 14.7 Å². The summed E-state index contributed by atoms with van der Waals surface area (Å²) in [5, 5.41) is 53.4. The standard InChI is InChI=1S/2C17H27NO2.C16H25NO2.C15H23NO2.CH4.ClH/c2*1-18(2)13-16(17(19)11-5-4-6-12-17)14-7-9-15(20-3)10-8-14;1-17(2)12-15(13-6-8-14(18)9-7-13)16(19)10-4-3-5-11-16;1-18-13-7-5-12(6-8-13)14(11-16)15(17)9-3-2-4-10-15;;/h2*7-10,16,19H,4-6,11-13H2,1-3H3;6-9,15,18-19H,3-5,10-12H2,1-2H3;5-8,14,17H,2-4,9-11,16H2,1H3;1H4;1H. The van der Waals surface area contributed by atoms with Crippen molar-refractivity contribution in [3.05, 3.63) is 119 Å². The number of aliphatic hydroxyl groups is 4. The molecule has 4 atom stereocenters. The smallest absolute Gasteiger partial charge is 0.118 e. The largest absolute Gasteiger partial charge is 0.508 e. The molecule has 446 valence electrons. The molecule has 4 aromatic carbocycles. The van der Waals surface area contributed by atoms with Crippen LogP contribution in [-0.4, -0.2) is 152 Å². The summed E-state index contributed by atoms with van der Waals surface area (Å²) in [5.41, 5.74) is 8.22. The quantitative estimate of drug-likeness (QED) is 0.0560. The van der Waals surface area contributed by atoms with Crippen LogP contribution in [0.15, 0.2) is 97.1 Å². The van der Waals surface area contributed by atoms with Crippen LogP contribution in [0.5, 0.6) is 23.0 Å². The van der Waals surface area contributed by atoms with Gasteiger partial charge in [0, 0.05) is 49.9 Å². The van der Waals surface area contributed by atoms with Crippen LogP contribution in [0.4, 0.5) is 0 Å². The molecule has 4 aliphatic rings. The Bertz CT molecular complexity index is 2140. The van der Waals surface area contributed by atoms with Crippen molar-refractivity contribution >= 4 is 12.4 Å². The molecule has 4 fully saturated rings. The number of benzene rings is 4. The summed E-state index contributed by atoms with van der Waals surface area (Å²) in [6.07, 6.45) is 21.1. The van der Waals surface area contributed by atoms with Crippen molar-refractivity contribution in [2.75, 3.05) is 89.8 Å². The van der Waals surface area contributed by atoms with Crippen LogP contribution in [0, 0.1) is 0 Å². The van der Waals surface area contributed by atoms with E-state index >= 15 is 0 Å². The molecule has 4 saturated carbocycles. The van der Waals surface area contributed by atoms with Crippen LogP contribution in [0.3, 0.4) is 0 Å². The molecule has 0 radical (unpaired) electrons. The van der Waals surface area contributed by atoms with Crippen molar-refractivity contribution in [2.45, 2.75) is 182 Å². The molecule has 4 aliphatic carbocycles. The van der Waals surface area contributed by atoms with Crippen LogP contribution < -0.4 is 19.9 Å². The molecule has 0 bridgehead atoms. The summed E-state index contributed by atoms with van der Waals surface area (Å²) < 4.78 is 15.6. The molecule has 0 amide bonds. The third-order valence-corrected chi connectivity index (χ3v) is 17.2. The number of halogens is 1. The van der Waals surface area contributed by atoms with Crippen molar-refractivity contribution in [3.8, 4) is 23.0 Å². The molecule has 0 heterocycles. The van der Waals surface area contributed by atoms with E-state index in [-0.39, 0.29) is 49.3 Å². The van der Waals surface area contributed by atoms with Gasteiger partial charge < -0.3 is 60.2 Å². The highest BCUT2D eigenvalue weighted by Gasteiger charge is 2.42. The summed E-state index contributed by atoms with van der Waals surface area (Å²) in [4.78, 5) is 6.47. The SMILES string of the molecule is C.CN(C)CC(c1ccc(O)cc1)C1(O)CCCCC1.COc1ccc(C(CN(C)C)C2(O)CCCCC2)cc1.COc1ccc(C(CN(C)C)C2(O)CCCCC2)cc1.COc1ccc(C(CN)C2(O)CCCCC2)cc1.Cl. The number of nitrogens with two attached hydrogens (primary N) is 1. The van der Waals surface area contributed by atoms with Crippen molar-refractivity contribution < 1.29 is 39.7 Å². The first-order valence-corrected chi connectivity index (χ1v) is 29.1. The van der Waals surface area contributed by atoms with E-state index in [1.807, 2.05) is 74.8 Å². The van der Waals surface area contributed by atoms with E-state index < -0.39 is 22.4 Å². The van der Waals surface area contributed by atoms with Gasteiger partial charge in [-0.05, 0) is 164 Å². The van der Waals surface area contributed by atoms with Gasteiger partial charge in [0.1, 0.15) is 23.0 Å². The molecule has 0 aromatic heterocycles. The Labute approximate surface area is 484 Å². The average Bonchev–Trinajstić information content (AvgIpc) is 3.43. The van der Waals surface area contributed by atoms with Gasteiger partial charge in [-0.2, -0.15) is 0 Å². The second-order valence-electron chi connectivity index (χ2n) is 23.8. The minimum atomic E-state index is -0.623. The van der Waals surface area contributed by atoms with Gasteiger partial charge in [-0.1, -0.05) is 133 Å². The Hall–Kier alpha value is -3.95. The number of rotatable bonds is 18. The lowest BCUT2D eigenvalue weighted by molar-refractivity contribution is -0.0280. The molecule has 7 N–H and O–H groups in total. The van der Waals surface area contributed by atoms with E-state index in [0.29, 0.717) is 6.54 Å². The predicted octanol–water partition coefficient (Wildman–Crippen LogP) is 12.3. The van der Waals surface area contributed by atoms with Gasteiger partial charge in [0.2, 0.25) is 0 Å². The highest BCUT2D eigenvalue weighted by Crippen LogP contribution is 2.44. The Kier molecular flexibility index (Phi) is 29.7. The van der Waals surface area contributed by atoms with Crippen molar-refractivity contribution in [3.63, 3.8) is 0 Å². The fraction of sp³-hybridized carbons (Fsp3) is 0.636.